The minimum absolute atomic E-state index is 0.317. The highest BCUT2D eigenvalue weighted by molar-refractivity contribution is 5.91. The normalized spacial score (nSPS) is 12.3. The third-order valence-electron chi connectivity index (χ3n) is 5.93. The van der Waals surface area contributed by atoms with E-state index in [1.165, 1.54) is 24.3 Å². The maximum Gasteiger partial charge on any atom is 0.343 e. The van der Waals surface area contributed by atoms with Gasteiger partial charge in [0.2, 0.25) is 0 Å². The highest BCUT2D eigenvalue weighted by Crippen LogP contribution is 2.24. The average Bonchev–Trinajstić information content (AvgIpc) is 2.95. The number of benzene rings is 3. The number of hydrogen-bond donors (Lipinski definition) is 0. The highest BCUT2D eigenvalue weighted by Gasteiger charge is 2.16. The lowest BCUT2D eigenvalue weighted by molar-refractivity contribution is -0.146. The molecule has 3 rings (SSSR count). The Bertz CT molecular complexity index is 1200. The molecule has 0 fully saturated rings. The van der Waals surface area contributed by atoms with E-state index in [4.69, 9.17) is 18.9 Å². The molecule has 0 heterocycles. The predicted molar refractivity (Wildman–Crippen MR) is 144 cm³/mol. The van der Waals surface area contributed by atoms with Crippen LogP contribution < -0.4 is 9.47 Å². The second-order valence-corrected chi connectivity index (χ2v) is 9.06. The van der Waals surface area contributed by atoms with Gasteiger partial charge in [0.1, 0.15) is 11.5 Å². The predicted octanol–water partition coefficient (Wildman–Crippen LogP) is 6.50. The maximum atomic E-state index is 12.6. The van der Waals surface area contributed by atoms with E-state index < -0.39 is 18.0 Å². The van der Waals surface area contributed by atoms with Crippen LogP contribution in [0.1, 0.15) is 61.3 Å². The zero-order chi connectivity index (χ0) is 27.5. The molecule has 0 spiro atoms. The summed E-state index contributed by atoms with van der Waals surface area (Å²) in [6, 6.07) is 20.4. The Morgan fingerprint density at radius 1 is 0.684 bits per heavy atom. The van der Waals surface area contributed by atoms with Crippen LogP contribution in [0.4, 0.5) is 0 Å². The first-order valence-corrected chi connectivity index (χ1v) is 12.8. The SMILES string of the molecule is CCCOC(C)C(=O)Oc1ccc(C(=O)Oc2ccc(-c3ccc(C(=O)OCC(C)CC)cc3)cc2)cc1. The van der Waals surface area contributed by atoms with Crippen LogP contribution in [-0.2, 0) is 14.3 Å². The summed E-state index contributed by atoms with van der Waals surface area (Å²) in [5.41, 5.74) is 2.65. The van der Waals surface area contributed by atoms with E-state index in [-0.39, 0.29) is 5.97 Å². The number of ether oxygens (including phenoxy) is 4. The van der Waals surface area contributed by atoms with Crippen LogP contribution in [0.5, 0.6) is 11.5 Å². The molecule has 0 aliphatic rings. The van der Waals surface area contributed by atoms with E-state index in [1.807, 2.05) is 38.1 Å². The van der Waals surface area contributed by atoms with Crippen LogP contribution in [0.25, 0.3) is 11.1 Å². The molecule has 7 heteroatoms. The molecule has 2 unspecified atom stereocenters. The van der Waals surface area contributed by atoms with Gasteiger partial charge in [-0.25, -0.2) is 14.4 Å². The molecule has 0 saturated carbocycles. The summed E-state index contributed by atoms with van der Waals surface area (Å²) >= 11 is 0. The van der Waals surface area contributed by atoms with Crippen molar-refractivity contribution in [2.24, 2.45) is 5.92 Å². The van der Waals surface area contributed by atoms with Crippen LogP contribution >= 0.6 is 0 Å². The quantitative estimate of drug-likeness (QED) is 0.200. The lowest BCUT2D eigenvalue weighted by Gasteiger charge is -2.12. The minimum Gasteiger partial charge on any atom is -0.462 e. The Kier molecular flexibility index (Phi) is 10.6. The lowest BCUT2D eigenvalue weighted by Crippen LogP contribution is -2.26. The number of rotatable bonds is 12. The topological polar surface area (TPSA) is 88.1 Å². The third-order valence-corrected chi connectivity index (χ3v) is 5.93. The van der Waals surface area contributed by atoms with Crippen molar-refractivity contribution in [3.8, 4) is 22.6 Å². The van der Waals surface area contributed by atoms with Gasteiger partial charge in [-0.15, -0.1) is 0 Å². The second-order valence-electron chi connectivity index (χ2n) is 9.06. The van der Waals surface area contributed by atoms with Gasteiger partial charge in [-0.05, 0) is 78.9 Å². The summed E-state index contributed by atoms with van der Waals surface area (Å²) in [4.78, 5) is 36.8. The van der Waals surface area contributed by atoms with Gasteiger partial charge < -0.3 is 18.9 Å². The van der Waals surface area contributed by atoms with Crippen molar-refractivity contribution in [1.82, 2.24) is 0 Å². The molecule has 0 aromatic heterocycles. The Morgan fingerprint density at radius 2 is 1.18 bits per heavy atom. The molecule has 0 bridgehead atoms. The fraction of sp³-hybridized carbons (Fsp3) is 0.323. The molecule has 0 radical (unpaired) electrons. The Morgan fingerprint density at radius 3 is 1.76 bits per heavy atom. The number of carbonyl (C=O) groups excluding carboxylic acids is 3. The molecule has 38 heavy (non-hydrogen) atoms. The van der Waals surface area contributed by atoms with Crippen LogP contribution in [0.2, 0.25) is 0 Å². The van der Waals surface area contributed by atoms with Crippen molar-refractivity contribution in [2.75, 3.05) is 13.2 Å². The van der Waals surface area contributed by atoms with Gasteiger partial charge in [-0.1, -0.05) is 51.5 Å². The van der Waals surface area contributed by atoms with E-state index in [0.717, 1.165) is 24.0 Å². The number of esters is 3. The van der Waals surface area contributed by atoms with Gasteiger partial charge in [0, 0.05) is 6.61 Å². The number of carbonyl (C=O) groups is 3. The fourth-order valence-electron chi connectivity index (χ4n) is 3.32. The molecule has 0 N–H and O–H groups in total. The molecule has 0 aliphatic heterocycles. The van der Waals surface area contributed by atoms with E-state index in [0.29, 0.717) is 41.8 Å². The zero-order valence-electron chi connectivity index (χ0n) is 22.3. The largest absolute Gasteiger partial charge is 0.462 e. The van der Waals surface area contributed by atoms with Gasteiger partial charge in [-0.2, -0.15) is 0 Å². The zero-order valence-corrected chi connectivity index (χ0v) is 22.3. The van der Waals surface area contributed by atoms with Gasteiger partial charge in [0.05, 0.1) is 17.7 Å². The van der Waals surface area contributed by atoms with Crippen molar-refractivity contribution in [3.05, 3.63) is 83.9 Å². The third kappa shape index (κ3) is 8.28. The molecule has 7 nitrogen and oxygen atoms in total. The lowest BCUT2D eigenvalue weighted by atomic mass is 10.0. The smallest absolute Gasteiger partial charge is 0.343 e. The first-order chi connectivity index (χ1) is 18.3. The molecule has 0 aliphatic carbocycles. The fourth-order valence-corrected chi connectivity index (χ4v) is 3.32. The average molecular weight is 519 g/mol. The van der Waals surface area contributed by atoms with Crippen molar-refractivity contribution in [2.45, 2.75) is 46.6 Å². The van der Waals surface area contributed by atoms with Crippen LogP contribution in [0.15, 0.2) is 72.8 Å². The van der Waals surface area contributed by atoms with Crippen LogP contribution in [0.3, 0.4) is 0 Å². The van der Waals surface area contributed by atoms with E-state index in [2.05, 4.69) is 6.92 Å². The van der Waals surface area contributed by atoms with Crippen molar-refractivity contribution in [3.63, 3.8) is 0 Å². The second kappa shape index (κ2) is 14.1. The van der Waals surface area contributed by atoms with E-state index in [9.17, 15) is 14.4 Å². The molecular formula is C31H34O7. The molecule has 3 aromatic rings. The van der Waals surface area contributed by atoms with E-state index in [1.54, 1.807) is 31.2 Å². The van der Waals surface area contributed by atoms with E-state index >= 15 is 0 Å². The summed E-state index contributed by atoms with van der Waals surface area (Å²) in [7, 11) is 0. The van der Waals surface area contributed by atoms with Crippen LogP contribution in [-0.4, -0.2) is 37.2 Å². The summed E-state index contributed by atoms with van der Waals surface area (Å²) in [5.74, 6) is -0.324. The van der Waals surface area contributed by atoms with Crippen LogP contribution in [0, 0.1) is 5.92 Å². The summed E-state index contributed by atoms with van der Waals surface area (Å²) in [5, 5.41) is 0. The molecule has 3 aromatic carbocycles. The Balaban J connectivity index is 1.54. The first-order valence-electron chi connectivity index (χ1n) is 12.8. The van der Waals surface area contributed by atoms with Gasteiger partial charge >= 0.3 is 17.9 Å². The standard InChI is InChI=1S/C31H34O7/c1-5-19-35-22(4)29(32)37-27-17-13-26(14-18-27)31(34)38-28-15-11-24(12-16-28)23-7-9-25(10-8-23)30(33)36-20-21(3)6-2/h7-18,21-22H,5-6,19-20H2,1-4H3. The number of hydrogen-bond acceptors (Lipinski definition) is 7. The minimum atomic E-state index is -0.670. The summed E-state index contributed by atoms with van der Waals surface area (Å²) < 4.78 is 21.5. The maximum absolute atomic E-state index is 12.6. The molecule has 2 atom stereocenters. The molecule has 0 saturated heterocycles. The van der Waals surface area contributed by atoms with Gasteiger partial charge in [0.15, 0.2) is 6.10 Å². The summed E-state index contributed by atoms with van der Waals surface area (Å²) in [6.07, 6.45) is 1.09. The molecule has 200 valence electrons. The Hall–Kier alpha value is -3.97. The molecular weight excluding hydrogens is 484 g/mol. The van der Waals surface area contributed by atoms with Crippen molar-refractivity contribution >= 4 is 17.9 Å². The highest BCUT2D eigenvalue weighted by atomic mass is 16.6. The summed E-state index contributed by atoms with van der Waals surface area (Å²) in [6.45, 7) is 8.57. The van der Waals surface area contributed by atoms with Gasteiger partial charge in [0.25, 0.3) is 0 Å². The Labute approximate surface area is 223 Å². The molecule has 0 amide bonds. The van der Waals surface area contributed by atoms with Crippen molar-refractivity contribution in [1.29, 1.82) is 0 Å². The monoisotopic (exact) mass is 518 g/mol. The van der Waals surface area contributed by atoms with Gasteiger partial charge in [-0.3, -0.25) is 0 Å². The first kappa shape index (κ1) is 28.6. The van der Waals surface area contributed by atoms with Crippen molar-refractivity contribution < 1.29 is 33.3 Å².